The molecule has 6 rings (SSSR count). The fraction of sp³-hybridized carbons (Fsp3) is 0.207. The van der Waals surface area contributed by atoms with Crippen LogP contribution in [-0.4, -0.2) is 27.6 Å². The maximum atomic E-state index is 12.7. The van der Waals surface area contributed by atoms with Gasteiger partial charge in [-0.15, -0.1) is 0 Å². The van der Waals surface area contributed by atoms with E-state index in [-0.39, 0.29) is 11.8 Å². The quantitative estimate of drug-likeness (QED) is 0.342. The minimum atomic E-state index is -0.0968. The monoisotopic (exact) mass is 449 g/mol. The van der Waals surface area contributed by atoms with Crippen LogP contribution in [0.3, 0.4) is 0 Å². The average molecular weight is 450 g/mol. The van der Waals surface area contributed by atoms with Crippen molar-refractivity contribution in [1.29, 1.82) is 0 Å². The second-order valence-corrected chi connectivity index (χ2v) is 9.06. The molecule has 5 nitrogen and oxygen atoms in total. The molecule has 3 heterocycles. The number of aromatic nitrogens is 2. The molecule has 1 atom stereocenters. The van der Waals surface area contributed by atoms with Crippen molar-refractivity contribution in [2.24, 2.45) is 0 Å². The summed E-state index contributed by atoms with van der Waals surface area (Å²) < 4.78 is 6.49. The van der Waals surface area contributed by atoms with Crippen LogP contribution in [0.2, 0.25) is 0 Å². The number of nitrogens with one attached hydrogen (secondary N) is 2. The van der Waals surface area contributed by atoms with E-state index in [4.69, 9.17) is 4.74 Å². The highest BCUT2D eigenvalue weighted by atomic mass is 16.5. The van der Waals surface area contributed by atoms with Crippen molar-refractivity contribution in [2.75, 3.05) is 6.54 Å². The Bertz CT molecular complexity index is 1500. The number of aromatic amines is 2. The number of H-pyrrole nitrogens is 2. The Morgan fingerprint density at radius 3 is 2.56 bits per heavy atom. The molecule has 0 aliphatic carbocycles. The van der Waals surface area contributed by atoms with Gasteiger partial charge < -0.3 is 14.7 Å². The summed E-state index contributed by atoms with van der Waals surface area (Å²) in [5, 5.41) is 2.04. The Kier molecular flexibility index (Phi) is 5.40. The molecule has 1 aliphatic heterocycles. The number of piperidine rings is 1. The van der Waals surface area contributed by atoms with Gasteiger partial charge in [0.05, 0.1) is 11.3 Å². The maximum Gasteiger partial charge on any atom is 0.257 e. The lowest BCUT2D eigenvalue weighted by Crippen LogP contribution is -2.42. The van der Waals surface area contributed by atoms with Gasteiger partial charge in [0.25, 0.3) is 5.56 Å². The van der Waals surface area contributed by atoms with Gasteiger partial charge in [-0.1, -0.05) is 48.5 Å². The van der Waals surface area contributed by atoms with E-state index in [1.54, 1.807) is 0 Å². The maximum absolute atomic E-state index is 12.7. The number of pyridine rings is 1. The molecule has 1 saturated heterocycles. The lowest BCUT2D eigenvalue weighted by molar-refractivity contribution is -0.00946. The van der Waals surface area contributed by atoms with Gasteiger partial charge >= 0.3 is 0 Å². The van der Waals surface area contributed by atoms with Crippen LogP contribution in [0.25, 0.3) is 33.1 Å². The fourth-order valence-corrected chi connectivity index (χ4v) is 4.93. The molecule has 0 amide bonds. The van der Waals surface area contributed by atoms with E-state index < -0.39 is 0 Å². The minimum Gasteiger partial charge on any atom is -0.475 e. The Labute approximate surface area is 198 Å². The van der Waals surface area contributed by atoms with E-state index in [1.165, 1.54) is 18.4 Å². The zero-order chi connectivity index (χ0) is 22.9. The van der Waals surface area contributed by atoms with Crippen molar-refractivity contribution in [3.63, 3.8) is 0 Å². The number of para-hydroxylation sites is 1. The van der Waals surface area contributed by atoms with Crippen molar-refractivity contribution in [3.05, 3.63) is 101 Å². The van der Waals surface area contributed by atoms with Crippen molar-refractivity contribution < 1.29 is 4.74 Å². The largest absolute Gasteiger partial charge is 0.475 e. The van der Waals surface area contributed by atoms with Crippen molar-refractivity contribution in [1.82, 2.24) is 14.9 Å². The summed E-state index contributed by atoms with van der Waals surface area (Å²) in [5.41, 5.74) is 4.49. The van der Waals surface area contributed by atoms with Crippen molar-refractivity contribution >= 4 is 21.8 Å². The highest BCUT2D eigenvalue weighted by Crippen LogP contribution is 2.29. The highest BCUT2D eigenvalue weighted by molar-refractivity contribution is 5.89. The Morgan fingerprint density at radius 1 is 0.824 bits per heavy atom. The van der Waals surface area contributed by atoms with Gasteiger partial charge in [-0.05, 0) is 66.6 Å². The molecule has 0 saturated carbocycles. The summed E-state index contributed by atoms with van der Waals surface area (Å²) in [4.78, 5) is 21.5. The number of hydrogen-bond donors (Lipinski definition) is 2. The van der Waals surface area contributed by atoms with E-state index in [0.717, 1.165) is 52.8 Å². The van der Waals surface area contributed by atoms with Crippen LogP contribution in [-0.2, 0) is 6.54 Å². The molecule has 1 aliphatic rings. The molecule has 2 N–H and O–H groups in total. The summed E-state index contributed by atoms with van der Waals surface area (Å²) in [6.07, 6.45) is 3.47. The number of rotatable bonds is 5. The second-order valence-electron chi connectivity index (χ2n) is 9.06. The third-order valence-electron chi connectivity index (χ3n) is 6.69. The molecule has 1 fully saturated rings. The normalized spacial score (nSPS) is 16.8. The SMILES string of the molecule is O=c1[nH]c2ccccc2cc1-c1cc2cc(OC3CCCCN3Cc3ccccc3)ccc2[nH]1. The van der Waals surface area contributed by atoms with Crippen LogP contribution in [0.15, 0.2) is 89.7 Å². The number of likely N-dealkylation sites (tertiary alicyclic amines) is 1. The molecule has 34 heavy (non-hydrogen) atoms. The summed E-state index contributed by atoms with van der Waals surface area (Å²) in [7, 11) is 0. The fourth-order valence-electron chi connectivity index (χ4n) is 4.93. The summed E-state index contributed by atoms with van der Waals surface area (Å²) in [6.45, 7) is 1.94. The number of benzene rings is 3. The summed E-state index contributed by atoms with van der Waals surface area (Å²) >= 11 is 0. The van der Waals surface area contributed by atoms with Gasteiger partial charge in [-0.3, -0.25) is 9.69 Å². The highest BCUT2D eigenvalue weighted by Gasteiger charge is 2.24. The van der Waals surface area contributed by atoms with Crippen LogP contribution in [0.1, 0.15) is 24.8 Å². The third kappa shape index (κ3) is 4.11. The standard InChI is InChI=1S/C29H27N3O2/c33-29-24(17-21-10-4-5-11-25(21)31-29)27-18-22-16-23(13-14-26(22)30-27)34-28-12-6-7-15-32(28)19-20-8-2-1-3-9-20/h1-5,8-11,13-14,16-18,28,30H,6-7,12,15,19H2,(H,31,33). The summed E-state index contributed by atoms with van der Waals surface area (Å²) in [5.74, 6) is 0.857. The number of fused-ring (bicyclic) bond motifs is 2. The average Bonchev–Trinajstić information content (AvgIpc) is 3.29. The van der Waals surface area contributed by atoms with Crippen LogP contribution in [0, 0.1) is 0 Å². The molecular weight excluding hydrogens is 422 g/mol. The first-order valence-corrected chi connectivity index (χ1v) is 11.9. The molecule has 5 aromatic rings. The molecule has 5 heteroatoms. The molecule has 2 aromatic heterocycles. The second kappa shape index (κ2) is 8.84. The molecule has 0 bridgehead atoms. The molecular formula is C29H27N3O2. The van der Waals surface area contributed by atoms with Gasteiger partial charge in [0.15, 0.2) is 6.23 Å². The van der Waals surface area contributed by atoms with Crippen LogP contribution >= 0.6 is 0 Å². The minimum absolute atomic E-state index is 0.0631. The first-order chi connectivity index (χ1) is 16.7. The lowest BCUT2D eigenvalue weighted by atomic mass is 10.1. The predicted octanol–water partition coefficient (Wildman–Crippen LogP) is 6.07. The first kappa shape index (κ1) is 20.8. The number of ether oxygens (including phenoxy) is 1. The van der Waals surface area contributed by atoms with Crippen LogP contribution in [0.5, 0.6) is 5.75 Å². The van der Waals surface area contributed by atoms with E-state index in [2.05, 4.69) is 51.3 Å². The van der Waals surface area contributed by atoms with E-state index in [1.807, 2.05) is 48.5 Å². The Balaban J connectivity index is 1.27. The van der Waals surface area contributed by atoms with E-state index in [9.17, 15) is 4.79 Å². The van der Waals surface area contributed by atoms with Crippen molar-refractivity contribution in [3.8, 4) is 17.0 Å². The van der Waals surface area contributed by atoms with Gasteiger partial charge in [-0.25, -0.2) is 0 Å². The van der Waals surface area contributed by atoms with Gasteiger partial charge in [0.1, 0.15) is 5.75 Å². The molecule has 0 spiro atoms. The van der Waals surface area contributed by atoms with Crippen LogP contribution in [0.4, 0.5) is 0 Å². The Hall–Kier alpha value is -3.83. The molecule has 1 unspecified atom stereocenters. The molecule has 0 radical (unpaired) electrons. The third-order valence-corrected chi connectivity index (χ3v) is 6.69. The Morgan fingerprint density at radius 2 is 1.65 bits per heavy atom. The zero-order valence-electron chi connectivity index (χ0n) is 19.0. The van der Waals surface area contributed by atoms with Crippen molar-refractivity contribution in [2.45, 2.75) is 32.0 Å². The van der Waals surface area contributed by atoms with E-state index >= 15 is 0 Å². The smallest absolute Gasteiger partial charge is 0.257 e. The summed E-state index contributed by atoms with van der Waals surface area (Å²) in [6, 6.07) is 28.5. The topological polar surface area (TPSA) is 61.1 Å². The lowest BCUT2D eigenvalue weighted by Gasteiger charge is -2.35. The molecule has 170 valence electrons. The predicted molar refractivity (Wildman–Crippen MR) is 137 cm³/mol. The first-order valence-electron chi connectivity index (χ1n) is 11.9. The number of nitrogens with zero attached hydrogens (tertiary/aromatic N) is 1. The van der Waals surface area contributed by atoms with E-state index in [0.29, 0.717) is 5.56 Å². The van der Waals surface area contributed by atoms with Gasteiger partial charge in [0, 0.05) is 29.5 Å². The van der Waals surface area contributed by atoms with Gasteiger partial charge in [0.2, 0.25) is 0 Å². The van der Waals surface area contributed by atoms with Crippen LogP contribution < -0.4 is 10.3 Å². The zero-order valence-corrected chi connectivity index (χ0v) is 19.0. The van der Waals surface area contributed by atoms with Gasteiger partial charge in [-0.2, -0.15) is 0 Å². The number of hydrogen-bond acceptors (Lipinski definition) is 3. The molecule has 3 aromatic carbocycles.